The van der Waals surface area contributed by atoms with Crippen molar-refractivity contribution in [2.45, 2.75) is 32.1 Å². The zero-order valence-electron chi connectivity index (χ0n) is 11.0. The Balaban J connectivity index is 1.95. The number of nitriles is 1. The molecule has 0 aromatic heterocycles. The van der Waals surface area contributed by atoms with E-state index in [1.165, 1.54) is 12.5 Å². The highest BCUT2D eigenvalue weighted by Crippen LogP contribution is 2.57. The van der Waals surface area contributed by atoms with Crippen LogP contribution in [0.15, 0.2) is 18.2 Å². The number of nitro benzene ring substituents is 1. The second-order valence-corrected chi connectivity index (χ2v) is 6.49. The van der Waals surface area contributed by atoms with Crippen LogP contribution in [0.4, 0.5) is 5.69 Å². The van der Waals surface area contributed by atoms with Crippen LogP contribution in [0.3, 0.4) is 0 Å². The van der Waals surface area contributed by atoms with Crippen LogP contribution >= 0.6 is 11.6 Å². The van der Waals surface area contributed by atoms with E-state index < -0.39 is 10.3 Å². The molecule has 0 saturated heterocycles. The summed E-state index contributed by atoms with van der Waals surface area (Å²) >= 11 is 5.84. The molecular weight excluding hydrogens is 276 g/mol. The van der Waals surface area contributed by atoms with Crippen molar-refractivity contribution in [3.63, 3.8) is 0 Å². The molecule has 0 amide bonds. The van der Waals surface area contributed by atoms with Crippen LogP contribution in [0, 0.1) is 38.7 Å². The molecule has 5 heteroatoms. The summed E-state index contributed by atoms with van der Waals surface area (Å²) in [5.41, 5.74) is 0.255. The summed E-state index contributed by atoms with van der Waals surface area (Å²) in [6.07, 6.45) is 4.75. The minimum atomic E-state index is -0.415. The molecular formula is C15H15ClN2O2. The molecule has 2 fully saturated rings. The lowest BCUT2D eigenvalue weighted by Crippen LogP contribution is -2.28. The number of nitrogens with zero attached hydrogens (tertiary/aromatic N) is 2. The van der Waals surface area contributed by atoms with Gasteiger partial charge < -0.3 is 0 Å². The molecule has 0 aliphatic heterocycles. The monoisotopic (exact) mass is 290 g/mol. The third-order valence-corrected chi connectivity index (χ3v) is 5.18. The molecule has 0 radical (unpaired) electrons. The van der Waals surface area contributed by atoms with Crippen LogP contribution in [0.25, 0.3) is 0 Å². The van der Waals surface area contributed by atoms with Crippen LogP contribution in [0.2, 0.25) is 5.02 Å². The predicted octanol–water partition coefficient (Wildman–Crippen LogP) is 4.12. The van der Waals surface area contributed by atoms with E-state index in [0.717, 1.165) is 19.3 Å². The Hall–Kier alpha value is -1.60. The maximum Gasteiger partial charge on any atom is 0.274 e. The van der Waals surface area contributed by atoms with Crippen molar-refractivity contribution in [3.8, 4) is 6.07 Å². The third kappa shape index (κ3) is 2.06. The first-order chi connectivity index (χ1) is 9.54. The zero-order chi connectivity index (χ0) is 14.3. The highest BCUT2D eigenvalue weighted by molar-refractivity contribution is 6.30. The lowest BCUT2D eigenvalue weighted by atomic mass is 9.70. The quantitative estimate of drug-likeness (QED) is 0.621. The first-order valence-electron chi connectivity index (χ1n) is 6.88. The number of hydrogen-bond donors (Lipinski definition) is 0. The van der Waals surface area contributed by atoms with Gasteiger partial charge >= 0.3 is 0 Å². The molecule has 4 nitrogen and oxygen atoms in total. The van der Waals surface area contributed by atoms with Gasteiger partial charge in [0.1, 0.15) is 0 Å². The van der Waals surface area contributed by atoms with E-state index in [1.54, 1.807) is 12.1 Å². The Bertz CT molecular complexity index is 610. The Morgan fingerprint density at radius 3 is 2.85 bits per heavy atom. The molecule has 3 unspecified atom stereocenters. The van der Waals surface area contributed by atoms with Crippen LogP contribution in [-0.2, 0) is 6.42 Å². The van der Waals surface area contributed by atoms with Gasteiger partial charge in [0.15, 0.2) is 0 Å². The molecule has 0 N–H and O–H groups in total. The van der Waals surface area contributed by atoms with Crippen molar-refractivity contribution in [3.05, 3.63) is 38.9 Å². The van der Waals surface area contributed by atoms with Gasteiger partial charge in [-0.2, -0.15) is 5.26 Å². The normalized spacial score (nSPS) is 31.2. The summed E-state index contributed by atoms with van der Waals surface area (Å²) in [7, 11) is 0. The van der Waals surface area contributed by atoms with E-state index in [0.29, 0.717) is 28.8 Å². The fourth-order valence-corrected chi connectivity index (χ4v) is 4.20. The van der Waals surface area contributed by atoms with Gasteiger partial charge in [0, 0.05) is 16.7 Å². The fraction of sp³-hybridized carbons (Fsp3) is 0.533. The van der Waals surface area contributed by atoms with Crippen molar-refractivity contribution < 1.29 is 4.92 Å². The van der Waals surface area contributed by atoms with Gasteiger partial charge in [0.25, 0.3) is 5.69 Å². The SMILES string of the molecule is N#CC1(Cc2ccc(Cl)cc2[N+](=O)[O-])CC2CCC1C2. The Morgan fingerprint density at radius 1 is 1.50 bits per heavy atom. The Kier molecular flexibility index (Phi) is 3.18. The van der Waals surface area contributed by atoms with Gasteiger partial charge in [-0.15, -0.1) is 0 Å². The number of rotatable bonds is 3. The molecule has 0 spiro atoms. The third-order valence-electron chi connectivity index (χ3n) is 4.95. The van der Waals surface area contributed by atoms with Crippen LogP contribution in [-0.4, -0.2) is 4.92 Å². The van der Waals surface area contributed by atoms with E-state index >= 15 is 0 Å². The Labute approximate surface area is 122 Å². The van der Waals surface area contributed by atoms with Crippen molar-refractivity contribution in [2.75, 3.05) is 0 Å². The van der Waals surface area contributed by atoms with E-state index in [9.17, 15) is 15.4 Å². The maximum atomic E-state index is 11.2. The number of nitro groups is 1. The average molecular weight is 291 g/mol. The van der Waals surface area contributed by atoms with E-state index in [4.69, 9.17) is 11.6 Å². The van der Waals surface area contributed by atoms with Gasteiger partial charge in [-0.1, -0.05) is 24.1 Å². The van der Waals surface area contributed by atoms with Crippen molar-refractivity contribution in [1.29, 1.82) is 5.26 Å². The minimum absolute atomic E-state index is 0.0369. The number of hydrogen-bond acceptors (Lipinski definition) is 3. The van der Waals surface area contributed by atoms with E-state index in [1.807, 2.05) is 0 Å². The molecule has 1 aromatic carbocycles. The highest BCUT2D eigenvalue weighted by atomic mass is 35.5. The number of fused-ring (bicyclic) bond motifs is 2. The van der Waals surface area contributed by atoms with Gasteiger partial charge in [0.05, 0.1) is 16.4 Å². The van der Waals surface area contributed by atoms with Gasteiger partial charge in [-0.05, 0) is 43.6 Å². The molecule has 3 atom stereocenters. The smallest absolute Gasteiger partial charge is 0.258 e. The van der Waals surface area contributed by atoms with E-state index in [-0.39, 0.29) is 5.69 Å². The summed E-state index contributed by atoms with van der Waals surface area (Å²) in [5.74, 6) is 1.03. The molecule has 0 heterocycles. The first kappa shape index (κ1) is 13.4. The average Bonchev–Trinajstić information content (AvgIpc) is 3.01. The second kappa shape index (κ2) is 4.75. The summed E-state index contributed by atoms with van der Waals surface area (Å²) in [4.78, 5) is 10.8. The molecule has 2 saturated carbocycles. The fourth-order valence-electron chi connectivity index (χ4n) is 4.03. The maximum absolute atomic E-state index is 11.2. The van der Waals surface area contributed by atoms with Crippen LogP contribution in [0.5, 0.6) is 0 Å². The summed E-state index contributed by atoms with van der Waals surface area (Å²) in [6, 6.07) is 7.24. The molecule has 3 rings (SSSR count). The van der Waals surface area contributed by atoms with Gasteiger partial charge in [0.2, 0.25) is 0 Å². The topological polar surface area (TPSA) is 66.9 Å². The number of halogens is 1. The molecule has 2 aliphatic rings. The highest BCUT2D eigenvalue weighted by Gasteiger charge is 2.51. The predicted molar refractivity (Wildman–Crippen MR) is 75.3 cm³/mol. The summed E-state index contributed by atoms with van der Waals surface area (Å²) in [5, 5.41) is 21.2. The van der Waals surface area contributed by atoms with Gasteiger partial charge in [-0.3, -0.25) is 10.1 Å². The van der Waals surface area contributed by atoms with Gasteiger partial charge in [-0.25, -0.2) is 0 Å². The lowest BCUT2D eigenvalue weighted by Gasteiger charge is -2.30. The molecule has 1 aromatic rings. The van der Waals surface area contributed by atoms with Crippen molar-refractivity contribution >= 4 is 17.3 Å². The Morgan fingerprint density at radius 2 is 2.30 bits per heavy atom. The largest absolute Gasteiger partial charge is 0.274 e. The molecule has 20 heavy (non-hydrogen) atoms. The second-order valence-electron chi connectivity index (χ2n) is 6.05. The zero-order valence-corrected chi connectivity index (χ0v) is 11.8. The van der Waals surface area contributed by atoms with E-state index in [2.05, 4.69) is 6.07 Å². The first-order valence-corrected chi connectivity index (χ1v) is 7.26. The summed E-state index contributed by atoms with van der Waals surface area (Å²) < 4.78 is 0. The summed E-state index contributed by atoms with van der Waals surface area (Å²) in [6.45, 7) is 0. The lowest BCUT2D eigenvalue weighted by molar-refractivity contribution is -0.385. The van der Waals surface area contributed by atoms with Crippen molar-refractivity contribution in [1.82, 2.24) is 0 Å². The minimum Gasteiger partial charge on any atom is -0.258 e. The molecule has 2 bridgehead atoms. The standard InChI is InChI=1S/C15H15ClN2O2/c16-13-4-2-11(14(6-13)18(19)20)8-15(9-17)7-10-1-3-12(15)5-10/h2,4,6,10,12H,1,3,5,7-8H2. The van der Waals surface area contributed by atoms with Crippen molar-refractivity contribution in [2.24, 2.45) is 17.3 Å². The van der Waals surface area contributed by atoms with Crippen LogP contribution in [0.1, 0.15) is 31.2 Å². The van der Waals surface area contributed by atoms with Crippen LogP contribution < -0.4 is 0 Å². The molecule has 104 valence electrons. The number of benzene rings is 1. The molecule has 2 aliphatic carbocycles.